The second kappa shape index (κ2) is 18.5. The number of esters is 1. The summed E-state index contributed by atoms with van der Waals surface area (Å²) in [5, 5.41) is 8.19. The Morgan fingerprint density at radius 2 is 1.39 bits per heavy atom. The van der Waals surface area contributed by atoms with Crippen LogP contribution in [0.3, 0.4) is 0 Å². The van der Waals surface area contributed by atoms with Gasteiger partial charge in [0.15, 0.2) is 0 Å². The highest BCUT2D eigenvalue weighted by molar-refractivity contribution is 6.50. The van der Waals surface area contributed by atoms with E-state index < -0.39 is 54.9 Å². The van der Waals surface area contributed by atoms with Crippen LogP contribution in [0.15, 0.2) is 18.7 Å². The average molecular weight is 640 g/mol. The lowest BCUT2D eigenvalue weighted by Gasteiger charge is -2.28. The number of carbonyl (C=O) groups is 4. The van der Waals surface area contributed by atoms with Gasteiger partial charge in [0.05, 0.1) is 7.05 Å². The minimum atomic E-state index is -6.00. The number of halogens is 4. The largest absolute Gasteiger partial charge is 0.673 e. The molecule has 0 aliphatic carbocycles. The summed E-state index contributed by atoms with van der Waals surface area (Å²) < 4.78 is 53.6. The fraction of sp³-hybridized carbons (Fsp3) is 0.750. The zero-order valence-corrected chi connectivity index (χ0v) is 27.5. The summed E-state index contributed by atoms with van der Waals surface area (Å²) in [6.07, 6.45) is 5.68. The monoisotopic (exact) mass is 639 g/mol. The molecule has 0 saturated heterocycles. The molecule has 1 aromatic heterocycles. The number of hydrogen-bond acceptors (Lipinski definition) is 6. The van der Waals surface area contributed by atoms with Gasteiger partial charge in [-0.1, -0.05) is 41.5 Å². The lowest BCUT2D eigenvalue weighted by molar-refractivity contribution is -0.671. The van der Waals surface area contributed by atoms with Gasteiger partial charge in [-0.25, -0.2) is 18.7 Å². The predicted octanol–water partition coefficient (Wildman–Crippen LogP) is 3.77. The molecular weight excluding hydrogens is 589 g/mol. The van der Waals surface area contributed by atoms with Gasteiger partial charge in [0, 0.05) is 0 Å². The Balaban J connectivity index is 0.00000340. The number of alkyl carbamates (subject to hydrolysis) is 1. The Labute approximate surface area is 257 Å². The minimum Gasteiger partial charge on any atom is -0.460 e. The van der Waals surface area contributed by atoms with Gasteiger partial charge in [-0.15, -0.1) is 0 Å². The molecule has 0 bridgehead atoms. The molecule has 0 saturated carbocycles. The molecule has 3 amide bonds. The van der Waals surface area contributed by atoms with E-state index in [2.05, 4.69) is 16.0 Å². The van der Waals surface area contributed by atoms with E-state index in [1.165, 1.54) is 0 Å². The predicted molar refractivity (Wildman–Crippen MR) is 158 cm³/mol. The standard InChI is InChI=1S/C28H49N5O6.BF4/c1-18(2)15-21(30-27(37)39-28(7,8)9)24(34)31-23(20(5)6)25(35)29-22(16-19(3)4)26(36)38-14-13-33-12-11-32(10)17-33;2-1(3,4)5/h11-12,17-23H,13-16H2,1-10H3,(H2-,29,30,31,34,35,37);/q;-1/p+1/t21-,22-,23-;/m0./s1. The summed E-state index contributed by atoms with van der Waals surface area (Å²) in [4.78, 5) is 51.8. The molecule has 16 heteroatoms. The molecule has 1 heterocycles. The van der Waals surface area contributed by atoms with E-state index in [9.17, 15) is 36.4 Å². The fourth-order valence-corrected chi connectivity index (χ4v) is 3.87. The van der Waals surface area contributed by atoms with Gasteiger partial charge in [-0.3, -0.25) is 9.59 Å². The van der Waals surface area contributed by atoms with Crippen molar-refractivity contribution in [3.8, 4) is 0 Å². The summed E-state index contributed by atoms with van der Waals surface area (Å²) in [5.74, 6) is -1.56. The summed E-state index contributed by atoms with van der Waals surface area (Å²) >= 11 is 0. The number of imidazole rings is 1. The maximum Gasteiger partial charge on any atom is 0.673 e. The molecule has 0 aromatic carbocycles. The minimum absolute atomic E-state index is 0.0984. The van der Waals surface area contributed by atoms with Crippen LogP contribution in [0.5, 0.6) is 0 Å². The summed E-state index contributed by atoms with van der Waals surface area (Å²) in [6.45, 7) is 17.2. The number of ether oxygens (including phenoxy) is 2. The van der Waals surface area contributed by atoms with Crippen LogP contribution in [0.4, 0.5) is 22.1 Å². The fourth-order valence-electron chi connectivity index (χ4n) is 3.87. The average Bonchev–Trinajstić information content (AvgIpc) is 3.23. The van der Waals surface area contributed by atoms with E-state index in [-0.39, 0.29) is 24.4 Å². The number of rotatable bonds is 14. The van der Waals surface area contributed by atoms with Gasteiger partial charge in [0.2, 0.25) is 18.1 Å². The van der Waals surface area contributed by atoms with Gasteiger partial charge in [-0.2, -0.15) is 0 Å². The maximum absolute atomic E-state index is 13.3. The molecule has 254 valence electrons. The van der Waals surface area contributed by atoms with Crippen LogP contribution >= 0.6 is 0 Å². The van der Waals surface area contributed by atoms with Crippen LogP contribution in [-0.2, 0) is 37.4 Å². The van der Waals surface area contributed by atoms with Crippen molar-refractivity contribution in [3.05, 3.63) is 18.7 Å². The van der Waals surface area contributed by atoms with Gasteiger partial charge < -0.3 is 42.7 Å². The number of nitrogens with zero attached hydrogens (tertiary/aromatic N) is 2. The number of aryl methyl sites for hydroxylation is 1. The Bertz CT molecular complexity index is 1050. The molecule has 0 aliphatic heterocycles. The molecule has 1 aromatic rings. The molecule has 0 aliphatic rings. The molecule has 1 rings (SSSR count). The third-order valence-electron chi connectivity index (χ3n) is 5.69. The van der Waals surface area contributed by atoms with Crippen LogP contribution in [0, 0.1) is 17.8 Å². The van der Waals surface area contributed by atoms with E-state index >= 15 is 0 Å². The molecule has 3 N–H and O–H groups in total. The van der Waals surface area contributed by atoms with Crippen LogP contribution in [0.25, 0.3) is 0 Å². The smallest absolute Gasteiger partial charge is 0.460 e. The molecule has 11 nitrogen and oxygen atoms in total. The summed E-state index contributed by atoms with van der Waals surface area (Å²) in [5.41, 5.74) is -0.719. The second-order valence-corrected chi connectivity index (χ2v) is 12.7. The Hall–Kier alpha value is -3.33. The first-order valence-corrected chi connectivity index (χ1v) is 14.6. The number of nitrogens with one attached hydrogen (secondary N) is 3. The first-order chi connectivity index (χ1) is 20.0. The van der Waals surface area contributed by atoms with Crippen molar-refractivity contribution in [2.75, 3.05) is 6.61 Å². The number of carbonyl (C=O) groups excluding carboxylic acids is 4. The first kappa shape index (κ1) is 40.7. The Morgan fingerprint density at radius 3 is 1.82 bits per heavy atom. The van der Waals surface area contributed by atoms with E-state index in [0.29, 0.717) is 19.4 Å². The number of aromatic nitrogens is 2. The number of hydrogen-bond donors (Lipinski definition) is 3. The number of amides is 3. The highest BCUT2D eigenvalue weighted by atomic mass is 19.5. The van der Waals surface area contributed by atoms with Crippen LogP contribution < -0.4 is 20.5 Å². The normalized spacial score (nSPS) is 13.8. The Kier molecular flexibility index (Phi) is 17.1. The molecular formula is C28H50BF4N5O6. The van der Waals surface area contributed by atoms with Gasteiger partial charge in [0.25, 0.3) is 0 Å². The third-order valence-corrected chi connectivity index (χ3v) is 5.69. The summed E-state index contributed by atoms with van der Waals surface area (Å²) in [7, 11) is -4.10. The second-order valence-electron chi connectivity index (χ2n) is 12.7. The van der Waals surface area contributed by atoms with Crippen molar-refractivity contribution < 1.29 is 50.5 Å². The van der Waals surface area contributed by atoms with Crippen molar-refractivity contribution in [2.24, 2.45) is 24.8 Å². The van der Waals surface area contributed by atoms with E-state index in [4.69, 9.17) is 9.47 Å². The molecule has 0 radical (unpaired) electrons. The topological polar surface area (TPSA) is 132 Å². The SMILES string of the molecule is CC(C)C[C@H](NC(=O)OC(C)(C)C)C(=O)N[C@H](C(=O)N[C@@H](CC(C)C)C(=O)OCCn1cc[n+](C)c1)C(C)C.F[B-](F)(F)F. The van der Waals surface area contributed by atoms with Gasteiger partial charge >= 0.3 is 19.3 Å². The zero-order chi connectivity index (χ0) is 34.4. The summed E-state index contributed by atoms with van der Waals surface area (Å²) in [6, 6.07) is -2.67. The molecule has 0 spiro atoms. The van der Waals surface area contributed by atoms with Crippen molar-refractivity contribution in [1.29, 1.82) is 0 Å². The third kappa shape index (κ3) is 19.8. The maximum atomic E-state index is 13.3. The molecule has 3 atom stereocenters. The molecule has 0 fully saturated rings. The van der Waals surface area contributed by atoms with Crippen molar-refractivity contribution in [1.82, 2.24) is 20.5 Å². The zero-order valence-electron chi connectivity index (χ0n) is 27.5. The lowest BCUT2D eigenvalue weighted by Crippen LogP contribution is -2.58. The van der Waals surface area contributed by atoms with Crippen molar-refractivity contribution in [3.63, 3.8) is 0 Å². The van der Waals surface area contributed by atoms with E-state index in [1.807, 2.05) is 62.6 Å². The van der Waals surface area contributed by atoms with Crippen LogP contribution in [-0.4, -0.2) is 66.0 Å². The highest BCUT2D eigenvalue weighted by Crippen LogP contribution is 2.13. The van der Waals surface area contributed by atoms with Crippen molar-refractivity contribution >= 4 is 31.1 Å². The first-order valence-electron chi connectivity index (χ1n) is 14.6. The van der Waals surface area contributed by atoms with Gasteiger partial charge in [0.1, 0.15) is 49.3 Å². The Morgan fingerprint density at radius 1 is 0.864 bits per heavy atom. The van der Waals surface area contributed by atoms with Crippen LogP contribution in [0.1, 0.15) is 75.2 Å². The molecule has 44 heavy (non-hydrogen) atoms. The van der Waals surface area contributed by atoms with E-state index in [1.54, 1.807) is 34.6 Å². The highest BCUT2D eigenvalue weighted by Gasteiger charge is 2.33. The molecule has 0 unspecified atom stereocenters. The lowest BCUT2D eigenvalue weighted by atomic mass is 9.98. The van der Waals surface area contributed by atoms with Crippen molar-refractivity contribution in [2.45, 2.75) is 105 Å². The van der Waals surface area contributed by atoms with Gasteiger partial charge in [-0.05, 0) is 51.4 Å². The quantitative estimate of drug-likeness (QED) is 0.123. The van der Waals surface area contributed by atoms with E-state index in [0.717, 1.165) is 0 Å². The van der Waals surface area contributed by atoms with Crippen LogP contribution in [0.2, 0.25) is 0 Å².